The van der Waals surface area contributed by atoms with E-state index < -0.39 is 0 Å². The quantitative estimate of drug-likeness (QED) is 0.356. The molecule has 0 aliphatic carbocycles. The van der Waals surface area contributed by atoms with Gasteiger partial charge in [0.15, 0.2) is 11.6 Å². The molecule has 0 spiro atoms. The molecule has 3 aromatic carbocycles. The van der Waals surface area contributed by atoms with Crippen LogP contribution in [0.25, 0.3) is 50.3 Å². The summed E-state index contributed by atoms with van der Waals surface area (Å²) in [7, 11) is 0. The van der Waals surface area contributed by atoms with E-state index in [-0.39, 0.29) is 0 Å². The van der Waals surface area contributed by atoms with Crippen LogP contribution in [0.1, 0.15) is 11.1 Å². The summed E-state index contributed by atoms with van der Waals surface area (Å²) >= 11 is 0. The molecule has 6 rings (SSSR count). The Morgan fingerprint density at radius 3 is 1.66 bits per heavy atom. The molecule has 0 atom stereocenters. The van der Waals surface area contributed by atoms with Gasteiger partial charge in [0.2, 0.25) is 0 Å². The zero-order chi connectivity index (χ0) is 23.8. The summed E-state index contributed by atoms with van der Waals surface area (Å²) in [6.07, 6.45) is 6.04. The maximum atomic E-state index is 9.20. The average molecular weight is 449 g/mol. The van der Waals surface area contributed by atoms with E-state index in [1.54, 1.807) is 0 Å². The minimum Gasteiger partial charge on any atom is -0.309 e. The van der Waals surface area contributed by atoms with E-state index in [4.69, 9.17) is 5.26 Å². The molecule has 7 nitrogen and oxygen atoms in total. The van der Waals surface area contributed by atoms with Crippen molar-refractivity contribution >= 4 is 21.8 Å². The first-order valence-electron chi connectivity index (χ1n) is 10.8. The molecule has 0 amide bonds. The molecule has 6 aromatic rings. The lowest BCUT2D eigenvalue weighted by Crippen LogP contribution is -2.01. The van der Waals surface area contributed by atoms with Crippen LogP contribution in [0.4, 0.5) is 0 Å². The van der Waals surface area contributed by atoms with Crippen molar-refractivity contribution in [1.29, 1.82) is 10.5 Å². The van der Waals surface area contributed by atoms with Gasteiger partial charge in [-0.1, -0.05) is 36.4 Å². The Morgan fingerprint density at radius 2 is 1.11 bits per heavy atom. The normalized spacial score (nSPS) is 10.8. The van der Waals surface area contributed by atoms with Gasteiger partial charge in [0.25, 0.3) is 0 Å². The van der Waals surface area contributed by atoms with Gasteiger partial charge in [-0.3, -0.25) is 0 Å². The van der Waals surface area contributed by atoms with E-state index >= 15 is 0 Å². The maximum absolute atomic E-state index is 9.20. The summed E-state index contributed by atoms with van der Waals surface area (Å²) in [6, 6.07) is 26.6. The molecule has 35 heavy (non-hydrogen) atoms. The van der Waals surface area contributed by atoms with E-state index in [0.717, 1.165) is 38.6 Å². The first kappa shape index (κ1) is 20.2. The van der Waals surface area contributed by atoms with Crippen LogP contribution in [0, 0.1) is 22.7 Å². The van der Waals surface area contributed by atoms with Crippen LogP contribution < -0.4 is 0 Å². The smallest absolute Gasteiger partial charge is 0.161 e. The van der Waals surface area contributed by atoms with Crippen molar-refractivity contribution in [3.05, 3.63) is 103 Å². The summed E-state index contributed by atoms with van der Waals surface area (Å²) in [5.41, 5.74) is 5.33. The molecule has 7 heteroatoms. The molecule has 3 aromatic heterocycles. The van der Waals surface area contributed by atoms with Gasteiger partial charge in [-0.05, 0) is 30.3 Å². The fourth-order valence-corrected chi connectivity index (χ4v) is 4.29. The Hall–Kier alpha value is -5.40. The SMILES string of the molecule is N#Cc1cnc(-c2ccc(-n3c4ccccc4c4ccccc43)c(-c3ncc(C#N)cn3)c2)nc1. The van der Waals surface area contributed by atoms with Crippen molar-refractivity contribution in [3.8, 4) is 40.6 Å². The maximum Gasteiger partial charge on any atom is 0.161 e. The number of aromatic nitrogens is 5. The van der Waals surface area contributed by atoms with Gasteiger partial charge in [-0.15, -0.1) is 0 Å². The molecule has 0 aliphatic rings. The van der Waals surface area contributed by atoms with E-state index in [0.29, 0.717) is 22.8 Å². The monoisotopic (exact) mass is 449 g/mol. The molecule has 0 bridgehead atoms. The first-order valence-corrected chi connectivity index (χ1v) is 10.8. The molecule has 0 saturated carbocycles. The van der Waals surface area contributed by atoms with Gasteiger partial charge in [-0.25, -0.2) is 19.9 Å². The number of para-hydroxylation sites is 2. The summed E-state index contributed by atoms with van der Waals surface area (Å²) in [5, 5.41) is 20.6. The van der Waals surface area contributed by atoms with Gasteiger partial charge in [-0.2, -0.15) is 10.5 Å². The zero-order valence-electron chi connectivity index (χ0n) is 18.3. The van der Waals surface area contributed by atoms with Crippen LogP contribution >= 0.6 is 0 Å². The lowest BCUT2D eigenvalue weighted by atomic mass is 10.1. The highest BCUT2D eigenvalue weighted by Gasteiger charge is 2.18. The van der Waals surface area contributed by atoms with E-state index in [1.165, 1.54) is 24.8 Å². The molecule has 162 valence electrons. The average Bonchev–Trinajstić information content (AvgIpc) is 3.27. The third-order valence-corrected chi connectivity index (χ3v) is 5.88. The molecule has 3 heterocycles. The predicted octanol–water partition coefficient (Wildman–Crippen LogP) is 5.44. The van der Waals surface area contributed by atoms with Crippen molar-refractivity contribution in [2.45, 2.75) is 0 Å². The number of benzene rings is 3. The third kappa shape index (κ3) is 3.36. The van der Waals surface area contributed by atoms with Gasteiger partial charge in [0, 0.05) is 46.7 Å². The Kier molecular flexibility index (Phi) is 4.73. The van der Waals surface area contributed by atoms with E-state index in [2.05, 4.69) is 54.8 Å². The number of nitriles is 2. The number of rotatable bonds is 3. The summed E-state index contributed by atoms with van der Waals surface area (Å²) in [4.78, 5) is 17.7. The number of hydrogen-bond donors (Lipinski definition) is 0. The Labute approximate surface area is 200 Å². The highest BCUT2D eigenvalue weighted by Crippen LogP contribution is 2.36. The van der Waals surface area contributed by atoms with Gasteiger partial charge < -0.3 is 4.57 Å². The second-order valence-corrected chi connectivity index (χ2v) is 7.92. The summed E-state index contributed by atoms with van der Waals surface area (Å²) in [5.74, 6) is 0.976. The number of hydrogen-bond acceptors (Lipinski definition) is 6. The van der Waals surface area contributed by atoms with Crippen LogP contribution in [0.2, 0.25) is 0 Å². The van der Waals surface area contributed by atoms with Crippen LogP contribution in [-0.4, -0.2) is 24.5 Å². The Balaban J connectivity index is 1.65. The predicted molar refractivity (Wildman–Crippen MR) is 132 cm³/mol. The van der Waals surface area contributed by atoms with Crippen LogP contribution in [0.15, 0.2) is 91.5 Å². The van der Waals surface area contributed by atoms with Crippen molar-refractivity contribution in [3.63, 3.8) is 0 Å². The second kappa shape index (κ2) is 8.18. The van der Waals surface area contributed by atoms with Gasteiger partial charge >= 0.3 is 0 Å². The Morgan fingerprint density at radius 1 is 0.600 bits per heavy atom. The molecule has 0 unspecified atom stereocenters. The standard InChI is InChI=1S/C28H15N7/c29-12-18-14-31-27(32-15-18)20-9-10-26(23(11-20)28-33-16-19(13-30)17-34-28)35-24-7-3-1-5-21(24)22-6-2-4-8-25(22)35/h1-11,14-17H. The Bertz CT molecular complexity index is 1750. The van der Waals surface area contributed by atoms with Crippen molar-refractivity contribution < 1.29 is 0 Å². The fourth-order valence-electron chi connectivity index (χ4n) is 4.29. The van der Waals surface area contributed by atoms with Crippen molar-refractivity contribution in [1.82, 2.24) is 24.5 Å². The van der Waals surface area contributed by atoms with E-state index in [9.17, 15) is 5.26 Å². The van der Waals surface area contributed by atoms with Crippen molar-refractivity contribution in [2.24, 2.45) is 0 Å². The topological polar surface area (TPSA) is 104 Å². The fraction of sp³-hybridized carbons (Fsp3) is 0. The molecule has 0 fully saturated rings. The van der Waals surface area contributed by atoms with Crippen LogP contribution in [-0.2, 0) is 0 Å². The molecular formula is C28H15N7. The molecule has 0 radical (unpaired) electrons. The lowest BCUT2D eigenvalue weighted by Gasteiger charge is -2.14. The van der Waals surface area contributed by atoms with Crippen molar-refractivity contribution in [2.75, 3.05) is 0 Å². The third-order valence-electron chi connectivity index (χ3n) is 5.88. The summed E-state index contributed by atoms with van der Waals surface area (Å²) in [6.45, 7) is 0. The zero-order valence-corrected chi connectivity index (χ0v) is 18.3. The van der Waals surface area contributed by atoms with Gasteiger partial charge in [0.1, 0.15) is 12.1 Å². The lowest BCUT2D eigenvalue weighted by molar-refractivity contribution is 1.12. The number of fused-ring (bicyclic) bond motifs is 3. The largest absolute Gasteiger partial charge is 0.309 e. The summed E-state index contributed by atoms with van der Waals surface area (Å²) < 4.78 is 2.20. The highest BCUT2D eigenvalue weighted by atomic mass is 15.0. The molecular weight excluding hydrogens is 434 g/mol. The van der Waals surface area contributed by atoms with Crippen LogP contribution in [0.5, 0.6) is 0 Å². The molecule has 0 N–H and O–H groups in total. The van der Waals surface area contributed by atoms with Gasteiger partial charge in [0.05, 0.1) is 27.8 Å². The minimum absolute atomic E-state index is 0.388. The highest BCUT2D eigenvalue weighted by molar-refractivity contribution is 6.09. The second-order valence-electron chi connectivity index (χ2n) is 7.92. The number of nitrogens with zero attached hydrogens (tertiary/aromatic N) is 7. The first-order chi connectivity index (χ1) is 17.3. The molecule has 0 aliphatic heterocycles. The minimum atomic E-state index is 0.388. The van der Waals surface area contributed by atoms with E-state index in [1.807, 2.05) is 48.5 Å². The van der Waals surface area contributed by atoms with Crippen LogP contribution in [0.3, 0.4) is 0 Å². The molecule has 0 saturated heterocycles.